The quantitative estimate of drug-likeness (QED) is 0.765. The third-order valence-corrected chi connectivity index (χ3v) is 5.92. The average molecular weight is 334 g/mol. The van der Waals surface area contributed by atoms with Crippen molar-refractivity contribution in [2.45, 2.75) is 24.3 Å². The van der Waals surface area contributed by atoms with Gasteiger partial charge in [-0.15, -0.1) is 0 Å². The highest BCUT2D eigenvalue weighted by Crippen LogP contribution is 2.48. The minimum atomic E-state index is 0.0559. The fraction of sp³-hybridized carbons (Fsp3) is 0.263. The van der Waals surface area contributed by atoms with Gasteiger partial charge in [0.15, 0.2) is 5.17 Å². The van der Waals surface area contributed by atoms with Crippen LogP contribution < -0.4 is 0 Å². The Labute approximate surface area is 145 Å². The van der Waals surface area contributed by atoms with E-state index >= 15 is 0 Å². The predicted molar refractivity (Wildman–Crippen MR) is 99.2 cm³/mol. The molecule has 4 nitrogen and oxygen atoms in total. The molecule has 3 aromatic rings. The summed E-state index contributed by atoms with van der Waals surface area (Å²) in [4.78, 5) is 15.5. The molecular weight excluding hydrogens is 316 g/mol. The van der Waals surface area contributed by atoms with Crippen molar-refractivity contribution in [2.75, 3.05) is 6.54 Å². The van der Waals surface area contributed by atoms with Crippen LogP contribution in [0.3, 0.4) is 0 Å². The zero-order valence-corrected chi connectivity index (χ0v) is 14.2. The minimum absolute atomic E-state index is 0.0559. The molecule has 3 atom stereocenters. The molecule has 5 heteroatoms. The molecule has 2 aromatic heterocycles. The van der Waals surface area contributed by atoms with Crippen LogP contribution in [0.4, 0.5) is 0 Å². The number of rotatable bonds is 2. The number of thioether (sulfide) groups is 1. The number of benzene rings is 1. The smallest absolute Gasteiger partial charge is 0.160 e. The van der Waals surface area contributed by atoms with E-state index in [1.165, 1.54) is 16.5 Å². The lowest BCUT2D eigenvalue weighted by atomic mass is 9.96. The number of hydrogen-bond donors (Lipinski definition) is 1. The van der Waals surface area contributed by atoms with Crippen LogP contribution in [0.15, 0.2) is 59.9 Å². The van der Waals surface area contributed by atoms with Crippen LogP contribution in [-0.2, 0) is 0 Å². The number of para-hydroxylation sites is 1. The van der Waals surface area contributed by atoms with Gasteiger partial charge in [0.2, 0.25) is 0 Å². The fourth-order valence-electron chi connectivity index (χ4n) is 3.79. The van der Waals surface area contributed by atoms with E-state index in [0.717, 1.165) is 17.4 Å². The van der Waals surface area contributed by atoms with E-state index in [4.69, 9.17) is 4.99 Å². The highest BCUT2D eigenvalue weighted by Gasteiger charge is 2.44. The SMILES string of the molecule is C[C@H]1CN2C(=N[C@@H](c3ccccn3)[C@@H]2c2c[nH]c3ccccc23)S1. The Morgan fingerprint density at radius 2 is 2.04 bits per heavy atom. The van der Waals surface area contributed by atoms with Gasteiger partial charge in [0.05, 0.1) is 11.7 Å². The summed E-state index contributed by atoms with van der Waals surface area (Å²) in [5, 5.41) is 3.03. The van der Waals surface area contributed by atoms with Crippen molar-refractivity contribution in [1.82, 2.24) is 14.9 Å². The lowest BCUT2D eigenvalue weighted by Crippen LogP contribution is -2.28. The lowest BCUT2D eigenvalue weighted by Gasteiger charge is -2.26. The highest BCUT2D eigenvalue weighted by atomic mass is 32.2. The Hall–Kier alpha value is -2.27. The van der Waals surface area contributed by atoms with Crippen molar-refractivity contribution in [1.29, 1.82) is 0 Å². The summed E-state index contributed by atoms with van der Waals surface area (Å²) >= 11 is 1.88. The first-order valence-corrected chi connectivity index (χ1v) is 9.17. The van der Waals surface area contributed by atoms with E-state index in [1.807, 2.05) is 30.1 Å². The summed E-state index contributed by atoms with van der Waals surface area (Å²) in [6.45, 7) is 3.31. The van der Waals surface area contributed by atoms with E-state index in [0.29, 0.717) is 5.25 Å². The molecule has 1 fully saturated rings. The van der Waals surface area contributed by atoms with Crippen molar-refractivity contribution >= 4 is 27.8 Å². The van der Waals surface area contributed by atoms with Crippen molar-refractivity contribution < 1.29 is 0 Å². The molecule has 0 bridgehead atoms. The normalized spacial score (nSPS) is 26.0. The van der Waals surface area contributed by atoms with Crippen molar-refractivity contribution in [2.24, 2.45) is 4.99 Å². The minimum Gasteiger partial charge on any atom is -0.361 e. The van der Waals surface area contributed by atoms with Gasteiger partial charge in [-0.1, -0.05) is 43.0 Å². The van der Waals surface area contributed by atoms with Crippen molar-refractivity contribution in [3.05, 3.63) is 66.1 Å². The second-order valence-corrected chi connectivity index (χ2v) is 7.83. The molecule has 120 valence electrons. The summed E-state index contributed by atoms with van der Waals surface area (Å²) in [6, 6.07) is 14.9. The highest BCUT2D eigenvalue weighted by molar-refractivity contribution is 8.14. The van der Waals surface area contributed by atoms with E-state index in [-0.39, 0.29) is 12.1 Å². The average Bonchev–Trinajstić information content (AvgIpc) is 3.27. The van der Waals surface area contributed by atoms with Gasteiger partial charge in [-0.25, -0.2) is 0 Å². The Balaban J connectivity index is 1.66. The number of amidine groups is 1. The molecule has 0 aliphatic carbocycles. The molecule has 2 aliphatic rings. The number of aromatic nitrogens is 2. The van der Waals surface area contributed by atoms with Gasteiger partial charge in [0.1, 0.15) is 6.04 Å². The van der Waals surface area contributed by atoms with Crippen LogP contribution in [0.1, 0.15) is 30.3 Å². The Bertz CT molecular complexity index is 917. The Morgan fingerprint density at radius 3 is 2.92 bits per heavy atom. The predicted octanol–water partition coefficient (Wildman–Crippen LogP) is 4.15. The van der Waals surface area contributed by atoms with Crippen LogP contribution in [-0.4, -0.2) is 31.8 Å². The van der Waals surface area contributed by atoms with E-state index in [9.17, 15) is 0 Å². The van der Waals surface area contributed by atoms with Gasteiger partial charge >= 0.3 is 0 Å². The number of nitrogens with one attached hydrogen (secondary N) is 1. The number of nitrogens with zero attached hydrogens (tertiary/aromatic N) is 3. The van der Waals surface area contributed by atoms with Crippen LogP contribution in [0.25, 0.3) is 10.9 Å². The maximum Gasteiger partial charge on any atom is 0.160 e. The second-order valence-electron chi connectivity index (χ2n) is 6.43. The van der Waals surface area contributed by atoms with E-state index < -0.39 is 0 Å². The number of hydrogen-bond acceptors (Lipinski definition) is 4. The summed E-state index contributed by atoms with van der Waals surface area (Å²) in [5.74, 6) is 0. The molecule has 24 heavy (non-hydrogen) atoms. The summed E-state index contributed by atoms with van der Waals surface area (Å²) in [6.07, 6.45) is 4.01. The van der Waals surface area contributed by atoms with Crippen LogP contribution in [0, 0.1) is 0 Å². The van der Waals surface area contributed by atoms with Gasteiger partial charge in [-0.05, 0) is 18.2 Å². The van der Waals surface area contributed by atoms with Crippen LogP contribution in [0.5, 0.6) is 0 Å². The third kappa shape index (κ3) is 2.08. The molecule has 1 saturated heterocycles. The second kappa shape index (κ2) is 5.38. The number of aromatic amines is 1. The largest absolute Gasteiger partial charge is 0.361 e. The summed E-state index contributed by atoms with van der Waals surface area (Å²) in [7, 11) is 0. The van der Waals surface area contributed by atoms with Gasteiger partial charge in [-0.2, -0.15) is 0 Å². The Morgan fingerprint density at radius 1 is 1.17 bits per heavy atom. The number of H-pyrrole nitrogens is 1. The van der Waals surface area contributed by atoms with Crippen LogP contribution >= 0.6 is 11.8 Å². The van der Waals surface area contributed by atoms with Gasteiger partial charge in [-0.3, -0.25) is 9.98 Å². The lowest BCUT2D eigenvalue weighted by molar-refractivity contribution is 0.323. The molecule has 1 N–H and O–H groups in total. The number of fused-ring (bicyclic) bond motifs is 2. The van der Waals surface area contributed by atoms with E-state index in [1.54, 1.807) is 0 Å². The number of aliphatic imine (C=N–C) groups is 1. The molecule has 5 rings (SSSR count). The van der Waals surface area contributed by atoms with Gasteiger partial charge in [0, 0.05) is 40.7 Å². The molecule has 0 saturated carbocycles. The standard InChI is InChI=1S/C19H18N4S/c1-12-11-23-18(14-10-21-15-7-3-2-6-13(14)15)17(22-19(23)24-12)16-8-4-5-9-20-16/h2-10,12,17-18,21H,11H2,1H3/t12-,17-,18-/m0/s1. The molecule has 0 spiro atoms. The zero-order valence-electron chi connectivity index (χ0n) is 13.4. The molecular formula is C19H18N4S. The molecule has 0 amide bonds. The number of pyridine rings is 1. The molecule has 0 radical (unpaired) electrons. The van der Waals surface area contributed by atoms with Crippen molar-refractivity contribution in [3.63, 3.8) is 0 Å². The third-order valence-electron chi connectivity index (χ3n) is 4.82. The molecule has 1 aromatic carbocycles. The van der Waals surface area contributed by atoms with Crippen molar-refractivity contribution in [3.8, 4) is 0 Å². The first-order chi connectivity index (χ1) is 11.8. The first kappa shape index (κ1) is 14.1. The van der Waals surface area contributed by atoms with Crippen LogP contribution in [0.2, 0.25) is 0 Å². The maximum absolute atomic E-state index is 5.04. The molecule has 2 aliphatic heterocycles. The molecule has 4 heterocycles. The first-order valence-electron chi connectivity index (χ1n) is 8.29. The maximum atomic E-state index is 5.04. The van der Waals surface area contributed by atoms with Gasteiger partial charge in [0.25, 0.3) is 0 Å². The zero-order chi connectivity index (χ0) is 16.1. The monoisotopic (exact) mass is 334 g/mol. The Kier molecular flexibility index (Phi) is 3.16. The summed E-state index contributed by atoms with van der Waals surface area (Å²) < 4.78 is 0. The fourth-order valence-corrected chi connectivity index (χ4v) is 4.89. The van der Waals surface area contributed by atoms with Gasteiger partial charge < -0.3 is 9.88 Å². The topological polar surface area (TPSA) is 44.3 Å². The van der Waals surface area contributed by atoms with E-state index in [2.05, 4.69) is 58.3 Å². The molecule has 0 unspecified atom stereocenters. The summed E-state index contributed by atoms with van der Waals surface area (Å²) in [5.41, 5.74) is 3.54.